The van der Waals surface area contributed by atoms with E-state index >= 15 is 0 Å². The van der Waals surface area contributed by atoms with Gasteiger partial charge in [-0.05, 0) is 38.1 Å². The van der Waals surface area contributed by atoms with Gasteiger partial charge in [-0.1, -0.05) is 6.92 Å². The number of hydrogen-bond acceptors (Lipinski definition) is 4. The SMILES string of the molecule is CCN1CCN(c2ccc(C(=O)N(C)CCC(C)O)cc2F)CC1. The van der Waals surface area contributed by atoms with E-state index in [-0.39, 0.29) is 11.7 Å². The summed E-state index contributed by atoms with van der Waals surface area (Å²) in [6.45, 7) is 8.73. The molecule has 2 rings (SSSR count). The number of carbonyl (C=O) groups is 1. The number of piperazine rings is 1. The van der Waals surface area contributed by atoms with E-state index < -0.39 is 6.10 Å². The lowest BCUT2D eigenvalue weighted by Gasteiger charge is -2.35. The van der Waals surface area contributed by atoms with Crippen LogP contribution in [0.15, 0.2) is 18.2 Å². The standard InChI is InChI=1S/C18H28FN3O2/c1-4-21-9-11-22(12-10-21)17-6-5-15(13-16(17)19)18(24)20(3)8-7-14(2)23/h5-6,13-14,23H,4,7-12H2,1-3H3. The summed E-state index contributed by atoms with van der Waals surface area (Å²) in [5.41, 5.74) is 0.908. The summed E-state index contributed by atoms with van der Waals surface area (Å²) >= 11 is 0. The van der Waals surface area contributed by atoms with Crippen molar-refractivity contribution in [1.82, 2.24) is 9.80 Å². The fourth-order valence-electron chi connectivity index (χ4n) is 2.90. The van der Waals surface area contributed by atoms with Crippen LogP contribution >= 0.6 is 0 Å². The van der Waals surface area contributed by atoms with Gasteiger partial charge in [0.25, 0.3) is 5.91 Å². The molecule has 1 N–H and O–H groups in total. The average Bonchev–Trinajstić information content (AvgIpc) is 2.59. The van der Waals surface area contributed by atoms with Crippen molar-refractivity contribution in [3.05, 3.63) is 29.6 Å². The van der Waals surface area contributed by atoms with E-state index in [0.29, 0.717) is 24.2 Å². The number of aliphatic hydroxyl groups excluding tert-OH is 1. The molecule has 1 fully saturated rings. The van der Waals surface area contributed by atoms with Crippen molar-refractivity contribution in [2.75, 3.05) is 51.2 Å². The molecule has 0 aliphatic carbocycles. The number of rotatable bonds is 6. The van der Waals surface area contributed by atoms with Crippen molar-refractivity contribution >= 4 is 11.6 Å². The zero-order valence-electron chi connectivity index (χ0n) is 14.8. The van der Waals surface area contributed by atoms with E-state index in [2.05, 4.69) is 11.8 Å². The molecule has 1 aliphatic rings. The molecule has 0 bridgehead atoms. The van der Waals surface area contributed by atoms with Crippen LogP contribution in [0.5, 0.6) is 0 Å². The summed E-state index contributed by atoms with van der Waals surface area (Å²) < 4.78 is 14.5. The lowest BCUT2D eigenvalue weighted by molar-refractivity contribution is 0.0768. The van der Waals surface area contributed by atoms with Gasteiger partial charge in [0.2, 0.25) is 0 Å². The van der Waals surface area contributed by atoms with Gasteiger partial charge in [-0.2, -0.15) is 0 Å². The fraction of sp³-hybridized carbons (Fsp3) is 0.611. The Morgan fingerprint density at radius 1 is 1.33 bits per heavy atom. The van der Waals surface area contributed by atoms with Gasteiger partial charge in [-0.15, -0.1) is 0 Å². The molecular weight excluding hydrogens is 309 g/mol. The summed E-state index contributed by atoms with van der Waals surface area (Å²) in [5.74, 6) is -0.577. The summed E-state index contributed by atoms with van der Waals surface area (Å²) in [6.07, 6.45) is 0.0472. The van der Waals surface area contributed by atoms with Crippen molar-refractivity contribution < 1.29 is 14.3 Å². The highest BCUT2D eigenvalue weighted by molar-refractivity contribution is 5.94. The van der Waals surface area contributed by atoms with Gasteiger partial charge >= 0.3 is 0 Å². The number of hydrogen-bond donors (Lipinski definition) is 1. The van der Waals surface area contributed by atoms with Gasteiger partial charge in [0, 0.05) is 45.3 Å². The van der Waals surface area contributed by atoms with E-state index in [4.69, 9.17) is 0 Å². The second kappa shape index (κ2) is 8.44. The topological polar surface area (TPSA) is 47.0 Å². The summed E-state index contributed by atoms with van der Waals surface area (Å²) in [4.78, 5) is 18.2. The quantitative estimate of drug-likeness (QED) is 0.860. The minimum absolute atomic E-state index is 0.225. The number of nitrogens with zero attached hydrogens (tertiary/aromatic N) is 3. The predicted octanol–water partition coefficient (Wildman–Crippen LogP) is 1.81. The second-order valence-electron chi connectivity index (χ2n) is 6.45. The molecule has 1 atom stereocenters. The highest BCUT2D eigenvalue weighted by atomic mass is 19.1. The zero-order valence-corrected chi connectivity index (χ0v) is 14.8. The maximum Gasteiger partial charge on any atom is 0.253 e. The van der Waals surface area contributed by atoms with Gasteiger partial charge in [-0.3, -0.25) is 4.79 Å². The normalized spacial score (nSPS) is 17.0. The fourth-order valence-corrected chi connectivity index (χ4v) is 2.90. The molecule has 1 aromatic rings. The highest BCUT2D eigenvalue weighted by Crippen LogP contribution is 2.22. The van der Waals surface area contributed by atoms with Crippen LogP contribution < -0.4 is 4.90 Å². The maximum atomic E-state index is 14.5. The van der Waals surface area contributed by atoms with Gasteiger partial charge in [0.1, 0.15) is 5.82 Å². The van der Waals surface area contributed by atoms with E-state index in [0.717, 1.165) is 32.7 Å². The molecule has 1 unspecified atom stereocenters. The first-order valence-electron chi connectivity index (χ1n) is 8.62. The predicted molar refractivity (Wildman–Crippen MR) is 94.0 cm³/mol. The third kappa shape index (κ3) is 4.68. The van der Waals surface area contributed by atoms with Crippen molar-refractivity contribution in [2.45, 2.75) is 26.4 Å². The van der Waals surface area contributed by atoms with Gasteiger partial charge in [0.15, 0.2) is 0 Å². The molecule has 0 radical (unpaired) electrons. The van der Waals surface area contributed by atoms with Gasteiger partial charge in [-0.25, -0.2) is 4.39 Å². The van der Waals surface area contributed by atoms with Crippen LogP contribution in [-0.2, 0) is 0 Å². The third-order valence-electron chi connectivity index (χ3n) is 4.58. The minimum Gasteiger partial charge on any atom is -0.393 e. The number of likely N-dealkylation sites (N-methyl/N-ethyl adjacent to an activating group) is 1. The Morgan fingerprint density at radius 3 is 2.54 bits per heavy atom. The number of amides is 1. The van der Waals surface area contributed by atoms with E-state index in [1.165, 1.54) is 11.0 Å². The highest BCUT2D eigenvalue weighted by Gasteiger charge is 2.20. The van der Waals surface area contributed by atoms with Crippen LogP contribution in [0.3, 0.4) is 0 Å². The smallest absolute Gasteiger partial charge is 0.253 e. The lowest BCUT2D eigenvalue weighted by Crippen LogP contribution is -2.46. The molecule has 0 aromatic heterocycles. The first kappa shape index (κ1) is 18.7. The van der Waals surface area contributed by atoms with Crippen molar-refractivity contribution in [1.29, 1.82) is 0 Å². The van der Waals surface area contributed by atoms with E-state index in [1.54, 1.807) is 26.1 Å². The van der Waals surface area contributed by atoms with E-state index in [9.17, 15) is 14.3 Å². The molecule has 5 nitrogen and oxygen atoms in total. The molecule has 6 heteroatoms. The Labute approximate surface area is 143 Å². The van der Waals surface area contributed by atoms with E-state index in [1.807, 2.05) is 4.90 Å². The second-order valence-corrected chi connectivity index (χ2v) is 6.45. The van der Waals surface area contributed by atoms with Gasteiger partial charge in [0.05, 0.1) is 11.8 Å². The maximum absolute atomic E-state index is 14.5. The van der Waals surface area contributed by atoms with Crippen LogP contribution in [0, 0.1) is 5.82 Å². The first-order valence-corrected chi connectivity index (χ1v) is 8.62. The molecule has 1 saturated heterocycles. The Morgan fingerprint density at radius 2 is 2.00 bits per heavy atom. The van der Waals surface area contributed by atoms with Crippen LogP contribution in [0.2, 0.25) is 0 Å². The lowest BCUT2D eigenvalue weighted by atomic mass is 10.1. The van der Waals surface area contributed by atoms with Crippen molar-refractivity contribution in [3.63, 3.8) is 0 Å². The molecule has 0 saturated carbocycles. The summed E-state index contributed by atoms with van der Waals surface area (Å²) in [5, 5.41) is 9.31. The van der Waals surface area contributed by atoms with Crippen LogP contribution in [-0.4, -0.2) is 73.2 Å². The molecule has 1 aliphatic heterocycles. The van der Waals surface area contributed by atoms with Crippen molar-refractivity contribution in [2.24, 2.45) is 0 Å². The molecule has 0 spiro atoms. The Kier molecular flexibility index (Phi) is 6.57. The molecule has 24 heavy (non-hydrogen) atoms. The molecule has 1 aromatic carbocycles. The summed E-state index contributed by atoms with van der Waals surface area (Å²) in [7, 11) is 1.67. The number of halogens is 1. The number of anilines is 1. The van der Waals surface area contributed by atoms with Crippen LogP contribution in [0.25, 0.3) is 0 Å². The number of benzene rings is 1. The van der Waals surface area contributed by atoms with Gasteiger partial charge < -0.3 is 19.8 Å². The number of carbonyl (C=O) groups excluding carboxylic acids is 1. The zero-order chi connectivity index (χ0) is 17.7. The number of aliphatic hydroxyl groups is 1. The molecular formula is C18H28FN3O2. The third-order valence-corrected chi connectivity index (χ3v) is 4.58. The van der Waals surface area contributed by atoms with Crippen LogP contribution in [0.4, 0.5) is 10.1 Å². The summed E-state index contributed by atoms with van der Waals surface area (Å²) in [6, 6.07) is 4.71. The Bertz CT molecular complexity index is 557. The molecule has 1 amide bonds. The Hall–Kier alpha value is -1.66. The average molecular weight is 337 g/mol. The minimum atomic E-state index is -0.457. The van der Waals surface area contributed by atoms with Crippen molar-refractivity contribution in [3.8, 4) is 0 Å². The largest absolute Gasteiger partial charge is 0.393 e. The Balaban J connectivity index is 2.02. The van der Waals surface area contributed by atoms with Crippen LogP contribution in [0.1, 0.15) is 30.6 Å². The monoisotopic (exact) mass is 337 g/mol. The first-order chi connectivity index (χ1) is 11.4. The molecule has 1 heterocycles. The molecule has 134 valence electrons.